The zero-order valence-electron chi connectivity index (χ0n) is 12.0. The summed E-state index contributed by atoms with van der Waals surface area (Å²) >= 11 is 0. The third-order valence-electron chi connectivity index (χ3n) is 4.02. The lowest BCUT2D eigenvalue weighted by molar-refractivity contribution is -0.121. The molecular weight excluding hydrogens is 286 g/mol. The van der Waals surface area contributed by atoms with Crippen LogP contribution in [-0.4, -0.2) is 34.8 Å². The molecule has 1 heterocycles. The van der Waals surface area contributed by atoms with Crippen LogP contribution in [0, 0.1) is 0 Å². The maximum atomic E-state index is 12.6. The molecule has 2 atom stereocenters. The van der Waals surface area contributed by atoms with Crippen LogP contribution in [0.2, 0.25) is 0 Å². The van der Waals surface area contributed by atoms with Gasteiger partial charge in [0.2, 0.25) is 5.91 Å². The number of fused-ring (bicyclic) bond motifs is 1. The summed E-state index contributed by atoms with van der Waals surface area (Å²) < 4.78 is 5.63. The summed E-state index contributed by atoms with van der Waals surface area (Å²) in [6.07, 6.45) is -0.975. The van der Waals surface area contributed by atoms with Gasteiger partial charge in [-0.2, -0.15) is 0 Å². The van der Waals surface area contributed by atoms with E-state index in [4.69, 9.17) is 10.5 Å². The van der Waals surface area contributed by atoms with Crippen LogP contribution in [0.3, 0.4) is 0 Å². The first-order valence-electron chi connectivity index (χ1n) is 6.98. The smallest absolute Gasteiger partial charge is 0.220 e. The Kier molecular flexibility index (Phi) is 3.33. The molecule has 1 aliphatic carbocycles. The van der Waals surface area contributed by atoms with E-state index < -0.39 is 23.9 Å². The van der Waals surface area contributed by atoms with Crippen molar-refractivity contribution in [2.75, 3.05) is 0 Å². The number of ketones is 2. The predicted octanol–water partition coefficient (Wildman–Crippen LogP) is 1.12. The molecule has 3 rings (SSSR count). The van der Waals surface area contributed by atoms with E-state index in [9.17, 15) is 19.5 Å². The molecule has 6 heteroatoms. The molecule has 0 spiro atoms. The van der Waals surface area contributed by atoms with Crippen LogP contribution in [0.4, 0.5) is 0 Å². The average molecular weight is 301 g/mol. The zero-order valence-corrected chi connectivity index (χ0v) is 12.0. The third-order valence-corrected chi connectivity index (χ3v) is 4.02. The Hall–Kier alpha value is -2.47. The average Bonchev–Trinajstić information content (AvgIpc) is 2.43. The van der Waals surface area contributed by atoms with Crippen LogP contribution in [0.5, 0.6) is 5.75 Å². The van der Waals surface area contributed by atoms with Gasteiger partial charge in [-0.25, -0.2) is 0 Å². The van der Waals surface area contributed by atoms with Crippen LogP contribution in [0.15, 0.2) is 29.3 Å². The quantitative estimate of drug-likeness (QED) is 0.851. The first-order valence-corrected chi connectivity index (χ1v) is 6.98. The summed E-state index contributed by atoms with van der Waals surface area (Å²) in [5.74, 6) is -1.43. The van der Waals surface area contributed by atoms with Crippen molar-refractivity contribution < 1.29 is 24.2 Å². The number of carbonyl (C=O) groups excluding carboxylic acids is 3. The van der Waals surface area contributed by atoms with Crippen LogP contribution >= 0.6 is 0 Å². The molecule has 2 aliphatic rings. The first kappa shape index (κ1) is 14.5. The number of primary amides is 1. The van der Waals surface area contributed by atoms with Crippen LogP contribution in [0.1, 0.15) is 40.5 Å². The van der Waals surface area contributed by atoms with Crippen molar-refractivity contribution in [3.63, 3.8) is 0 Å². The molecular formula is C16H15NO5. The minimum absolute atomic E-state index is 0.00448. The molecule has 0 saturated heterocycles. The Balaban J connectivity index is 2.08. The van der Waals surface area contributed by atoms with Crippen LogP contribution in [0.25, 0.3) is 0 Å². The Bertz CT molecular complexity index is 734. The fraction of sp³-hybridized carbons (Fsp3) is 0.312. The summed E-state index contributed by atoms with van der Waals surface area (Å²) in [6, 6.07) is 4.41. The van der Waals surface area contributed by atoms with E-state index in [0.29, 0.717) is 5.57 Å². The minimum Gasteiger partial charge on any atom is -0.507 e. The van der Waals surface area contributed by atoms with E-state index in [2.05, 4.69) is 0 Å². The summed E-state index contributed by atoms with van der Waals surface area (Å²) in [5, 5.41) is 9.89. The van der Waals surface area contributed by atoms with Crippen molar-refractivity contribution in [3.8, 4) is 5.75 Å². The second kappa shape index (κ2) is 5.06. The number of rotatable bonds is 2. The highest BCUT2D eigenvalue weighted by molar-refractivity contribution is 6.28. The van der Waals surface area contributed by atoms with Crippen molar-refractivity contribution >= 4 is 17.5 Å². The standard InChI is InChI=1S/C16H15NO5/c1-7-13-10(5-8(22-7)6-12(17)19)15(20)9-3-2-4-11(18)14(9)16(13)21/h2-4,7-8,18H,5-6H2,1H3,(H2,17,19)/t7-,8+/m1/s1. The molecule has 0 bridgehead atoms. The lowest BCUT2D eigenvalue weighted by atomic mass is 9.78. The molecule has 6 nitrogen and oxygen atoms in total. The van der Waals surface area contributed by atoms with Crippen molar-refractivity contribution in [1.82, 2.24) is 0 Å². The molecule has 114 valence electrons. The number of aromatic hydroxyl groups is 1. The third kappa shape index (κ3) is 2.12. The van der Waals surface area contributed by atoms with E-state index in [-0.39, 0.29) is 41.1 Å². The maximum absolute atomic E-state index is 12.6. The molecule has 0 unspecified atom stereocenters. The Morgan fingerprint density at radius 2 is 2.09 bits per heavy atom. The van der Waals surface area contributed by atoms with Gasteiger partial charge in [0.25, 0.3) is 0 Å². The molecule has 0 radical (unpaired) electrons. The van der Waals surface area contributed by atoms with Crippen LogP contribution < -0.4 is 5.73 Å². The topological polar surface area (TPSA) is 107 Å². The van der Waals surface area contributed by atoms with Gasteiger partial charge >= 0.3 is 0 Å². The van der Waals surface area contributed by atoms with E-state index in [1.807, 2.05) is 0 Å². The molecule has 1 aliphatic heterocycles. The number of hydrogen-bond acceptors (Lipinski definition) is 5. The highest BCUT2D eigenvalue weighted by Crippen LogP contribution is 2.38. The molecule has 1 aromatic carbocycles. The molecule has 3 N–H and O–H groups in total. The zero-order chi connectivity index (χ0) is 16.0. The van der Waals surface area contributed by atoms with Crippen molar-refractivity contribution in [2.24, 2.45) is 5.73 Å². The Morgan fingerprint density at radius 3 is 2.77 bits per heavy atom. The van der Waals surface area contributed by atoms with E-state index >= 15 is 0 Å². The number of Topliss-reactive ketones (excluding diaryl/α,β-unsaturated/α-hetero) is 2. The predicted molar refractivity (Wildman–Crippen MR) is 76.6 cm³/mol. The van der Waals surface area contributed by atoms with Gasteiger partial charge in [0, 0.05) is 23.1 Å². The fourth-order valence-electron chi connectivity index (χ4n) is 3.13. The van der Waals surface area contributed by atoms with Crippen molar-refractivity contribution in [2.45, 2.75) is 32.0 Å². The second-order valence-electron chi connectivity index (χ2n) is 5.53. The van der Waals surface area contributed by atoms with Gasteiger partial charge in [-0.1, -0.05) is 12.1 Å². The number of amides is 1. The van der Waals surface area contributed by atoms with Gasteiger partial charge in [0.1, 0.15) is 5.75 Å². The fourth-order valence-corrected chi connectivity index (χ4v) is 3.13. The summed E-state index contributed by atoms with van der Waals surface area (Å²) in [5.41, 5.74) is 6.01. The lowest BCUT2D eigenvalue weighted by Crippen LogP contribution is -2.38. The Morgan fingerprint density at radius 1 is 1.36 bits per heavy atom. The number of phenols is 1. The van der Waals surface area contributed by atoms with Gasteiger partial charge in [-0.15, -0.1) is 0 Å². The number of carbonyl (C=O) groups is 3. The Labute approximate surface area is 126 Å². The number of benzene rings is 1. The summed E-state index contributed by atoms with van der Waals surface area (Å²) in [4.78, 5) is 36.3. The van der Waals surface area contributed by atoms with E-state index in [0.717, 1.165) is 0 Å². The van der Waals surface area contributed by atoms with E-state index in [1.165, 1.54) is 18.2 Å². The van der Waals surface area contributed by atoms with Gasteiger partial charge < -0.3 is 15.6 Å². The molecule has 0 aromatic heterocycles. The van der Waals surface area contributed by atoms with Gasteiger partial charge in [-0.05, 0) is 13.0 Å². The number of nitrogens with two attached hydrogens (primary N) is 1. The maximum Gasteiger partial charge on any atom is 0.220 e. The number of ether oxygens (including phenoxy) is 1. The van der Waals surface area contributed by atoms with Gasteiger partial charge in [0.05, 0.1) is 24.2 Å². The molecule has 0 saturated carbocycles. The molecule has 0 fully saturated rings. The normalized spacial score (nSPS) is 24.0. The minimum atomic E-state index is -0.627. The summed E-state index contributed by atoms with van der Waals surface area (Å²) in [7, 11) is 0. The van der Waals surface area contributed by atoms with Crippen molar-refractivity contribution in [1.29, 1.82) is 0 Å². The number of hydrogen-bond donors (Lipinski definition) is 2. The molecule has 1 aromatic rings. The first-order chi connectivity index (χ1) is 10.4. The second-order valence-corrected chi connectivity index (χ2v) is 5.53. The van der Waals surface area contributed by atoms with Gasteiger partial charge in [0.15, 0.2) is 11.6 Å². The lowest BCUT2D eigenvalue weighted by Gasteiger charge is -2.33. The monoisotopic (exact) mass is 301 g/mol. The van der Waals surface area contributed by atoms with E-state index in [1.54, 1.807) is 6.92 Å². The molecule has 1 amide bonds. The SMILES string of the molecule is C[C@H]1O[C@H](CC(N)=O)CC2=C1C(=O)c1c(O)cccc1C2=O. The molecule has 22 heavy (non-hydrogen) atoms. The van der Waals surface area contributed by atoms with Crippen LogP contribution in [-0.2, 0) is 9.53 Å². The largest absolute Gasteiger partial charge is 0.507 e. The number of phenolic OH excluding ortho intramolecular Hbond substituents is 1. The van der Waals surface area contributed by atoms with Crippen molar-refractivity contribution in [3.05, 3.63) is 40.5 Å². The highest BCUT2D eigenvalue weighted by Gasteiger charge is 2.41. The highest BCUT2D eigenvalue weighted by atomic mass is 16.5. The summed E-state index contributed by atoms with van der Waals surface area (Å²) in [6.45, 7) is 1.65. The van der Waals surface area contributed by atoms with Gasteiger partial charge in [-0.3, -0.25) is 14.4 Å².